The third kappa shape index (κ3) is 7.05. The highest BCUT2D eigenvalue weighted by atomic mass is 28.3. The molecule has 0 aliphatic carbocycles. The average molecular weight is 255 g/mol. The van der Waals surface area contributed by atoms with Gasteiger partial charge in [0.15, 0.2) is 0 Å². The lowest BCUT2D eigenvalue weighted by Crippen LogP contribution is -2.27. The van der Waals surface area contributed by atoms with E-state index in [4.69, 9.17) is 0 Å². The van der Waals surface area contributed by atoms with Crippen LogP contribution in [0.15, 0.2) is 11.3 Å². The Morgan fingerprint density at radius 3 is 2.00 bits per heavy atom. The van der Waals surface area contributed by atoms with Crippen molar-refractivity contribution in [2.75, 3.05) is 0 Å². The number of hydrogen-bond donors (Lipinski definition) is 1. The third-order valence-corrected chi connectivity index (χ3v) is 5.65. The monoisotopic (exact) mass is 254 g/mol. The minimum Gasteiger partial charge on any atom is -0.380 e. The van der Waals surface area contributed by atoms with E-state index in [2.05, 4.69) is 63.7 Å². The molecule has 0 aliphatic rings. The highest BCUT2D eigenvalue weighted by Gasteiger charge is 2.20. The lowest BCUT2D eigenvalue weighted by atomic mass is 10.2. The number of rotatable bonds is 3. The van der Waals surface area contributed by atoms with Gasteiger partial charge in [-0.1, -0.05) is 56.5 Å². The van der Waals surface area contributed by atoms with Gasteiger partial charge < -0.3 is 5.11 Å². The van der Waals surface area contributed by atoms with Crippen molar-refractivity contribution in [3.05, 3.63) is 11.3 Å². The van der Waals surface area contributed by atoms with Gasteiger partial charge >= 0.3 is 0 Å². The van der Waals surface area contributed by atoms with Gasteiger partial charge in [0.1, 0.15) is 14.2 Å². The van der Waals surface area contributed by atoms with E-state index in [1.165, 1.54) is 5.20 Å². The van der Waals surface area contributed by atoms with Crippen molar-refractivity contribution in [3.8, 4) is 11.5 Å². The van der Waals surface area contributed by atoms with Gasteiger partial charge in [-0.05, 0) is 6.92 Å². The summed E-state index contributed by atoms with van der Waals surface area (Å²) in [4.78, 5) is 0. The molecular weight excluding hydrogens is 228 g/mol. The molecule has 0 spiro atoms. The molecule has 0 aromatic carbocycles. The Labute approximate surface area is 103 Å². The summed E-state index contributed by atoms with van der Waals surface area (Å²) in [7, 11) is -2.64. The van der Waals surface area contributed by atoms with E-state index < -0.39 is 22.3 Å². The molecule has 0 heterocycles. The van der Waals surface area contributed by atoms with Crippen LogP contribution in [0.5, 0.6) is 0 Å². The highest BCUT2D eigenvalue weighted by Crippen LogP contribution is 2.19. The molecule has 0 aliphatic heterocycles. The van der Waals surface area contributed by atoms with Gasteiger partial charge in [0.25, 0.3) is 0 Å². The van der Waals surface area contributed by atoms with Crippen LogP contribution in [0.3, 0.4) is 0 Å². The molecule has 0 saturated carbocycles. The van der Waals surface area contributed by atoms with Crippen molar-refractivity contribution < 1.29 is 5.11 Å². The quantitative estimate of drug-likeness (QED) is 0.604. The van der Waals surface area contributed by atoms with Crippen LogP contribution in [-0.4, -0.2) is 27.4 Å². The Morgan fingerprint density at radius 1 is 1.19 bits per heavy atom. The van der Waals surface area contributed by atoms with E-state index in [0.29, 0.717) is 0 Å². The molecule has 0 rings (SSSR count). The minimum atomic E-state index is -1.36. The van der Waals surface area contributed by atoms with Gasteiger partial charge in [-0.15, -0.1) is 5.54 Å². The summed E-state index contributed by atoms with van der Waals surface area (Å²) >= 11 is 0. The first-order valence-electron chi connectivity index (χ1n) is 5.92. The summed E-state index contributed by atoms with van der Waals surface area (Å²) in [6.45, 7) is 15.6. The van der Waals surface area contributed by atoms with Crippen LogP contribution in [0.2, 0.25) is 39.3 Å². The summed E-state index contributed by atoms with van der Waals surface area (Å²) in [5, 5.41) is 11.3. The van der Waals surface area contributed by atoms with Crippen LogP contribution in [-0.2, 0) is 0 Å². The van der Waals surface area contributed by atoms with Gasteiger partial charge in [-0.2, -0.15) is 0 Å². The fraction of sp³-hybridized carbons (Fsp3) is 0.692. The zero-order chi connectivity index (χ0) is 13.0. The molecule has 16 heavy (non-hydrogen) atoms. The number of aliphatic hydroxyl groups is 1. The third-order valence-electron chi connectivity index (χ3n) is 2.34. The van der Waals surface area contributed by atoms with Crippen LogP contribution in [0.4, 0.5) is 0 Å². The van der Waals surface area contributed by atoms with Crippen LogP contribution in [0, 0.1) is 11.5 Å². The Morgan fingerprint density at radius 2 is 1.69 bits per heavy atom. The summed E-state index contributed by atoms with van der Waals surface area (Å²) in [5.41, 5.74) is 3.23. The van der Waals surface area contributed by atoms with Crippen LogP contribution < -0.4 is 0 Å². The summed E-state index contributed by atoms with van der Waals surface area (Å²) < 4.78 is 0. The Balaban J connectivity index is 4.56. The largest absolute Gasteiger partial charge is 0.380 e. The number of aliphatic hydroxyl groups excluding tert-OH is 1. The SMILES string of the molecule is C/C=C(/CC(O)C#C[Si](C)(C)C)[Si](C)(C)C. The maximum Gasteiger partial charge on any atom is 0.129 e. The van der Waals surface area contributed by atoms with Crippen molar-refractivity contribution >= 4 is 16.1 Å². The molecule has 1 nitrogen and oxygen atoms in total. The second-order valence-electron chi connectivity index (χ2n) is 6.30. The molecule has 92 valence electrons. The van der Waals surface area contributed by atoms with Crippen molar-refractivity contribution in [3.63, 3.8) is 0 Å². The topological polar surface area (TPSA) is 20.2 Å². The van der Waals surface area contributed by atoms with Crippen LogP contribution in [0.25, 0.3) is 0 Å². The Hall–Kier alpha value is -0.306. The first-order valence-corrected chi connectivity index (χ1v) is 12.9. The fourth-order valence-electron chi connectivity index (χ4n) is 1.42. The average Bonchev–Trinajstić information content (AvgIpc) is 2.07. The molecule has 0 bridgehead atoms. The first-order chi connectivity index (χ1) is 7.06. The Kier molecular flexibility index (Phi) is 5.74. The maximum absolute atomic E-state index is 9.91. The summed E-state index contributed by atoms with van der Waals surface area (Å²) in [6.07, 6.45) is 2.40. The lowest BCUT2D eigenvalue weighted by Gasteiger charge is -2.21. The second kappa shape index (κ2) is 5.85. The molecule has 1 N–H and O–H groups in total. The smallest absolute Gasteiger partial charge is 0.129 e. The maximum atomic E-state index is 9.91. The van der Waals surface area contributed by atoms with E-state index >= 15 is 0 Å². The van der Waals surface area contributed by atoms with E-state index in [9.17, 15) is 5.11 Å². The summed E-state index contributed by atoms with van der Waals surface area (Å²) in [6, 6.07) is 0. The molecule has 3 heteroatoms. The molecule has 0 amide bonds. The molecular formula is C13H26OSi2. The standard InChI is InChI=1S/C13H26OSi2/c1-8-13(16(5,6)7)11-12(14)9-10-15(2,3)4/h8,12,14H,11H2,1-7H3/b13-8-. The molecule has 0 fully saturated rings. The van der Waals surface area contributed by atoms with E-state index in [-0.39, 0.29) is 0 Å². The first kappa shape index (κ1) is 15.7. The predicted octanol–water partition coefficient (Wildman–Crippen LogP) is 3.44. The van der Waals surface area contributed by atoms with E-state index in [0.717, 1.165) is 6.42 Å². The van der Waals surface area contributed by atoms with Gasteiger partial charge in [0.05, 0.1) is 8.07 Å². The highest BCUT2D eigenvalue weighted by molar-refractivity contribution is 6.84. The number of hydrogen-bond acceptors (Lipinski definition) is 1. The van der Waals surface area contributed by atoms with Crippen molar-refractivity contribution in [2.45, 2.75) is 58.7 Å². The molecule has 0 aromatic rings. The zero-order valence-corrected chi connectivity index (χ0v) is 13.8. The van der Waals surface area contributed by atoms with Gasteiger partial charge in [0, 0.05) is 6.42 Å². The van der Waals surface area contributed by atoms with Crippen molar-refractivity contribution in [2.24, 2.45) is 0 Å². The molecule has 1 unspecified atom stereocenters. The normalized spacial score (nSPS) is 15.4. The minimum absolute atomic E-state index is 0.482. The number of allylic oxidation sites excluding steroid dienone is 1. The van der Waals surface area contributed by atoms with Gasteiger partial charge in [-0.3, -0.25) is 0 Å². The summed E-state index contributed by atoms with van der Waals surface area (Å²) in [5.74, 6) is 3.01. The molecule has 0 saturated heterocycles. The Bertz CT molecular complexity index is 308. The van der Waals surface area contributed by atoms with Crippen LogP contribution in [0.1, 0.15) is 13.3 Å². The van der Waals surface area contributed by atoms with E-state index in [1.54, 1.807) is 0 Å². The van der Waals surface area contributed by atoms with Crippen molar-refractivity contribution in [1.29, 1.82) is 0 Å². The molecule has 0 aromatic heterocycles. The molecule has 1 atom stereocenters. The second-order valence-corrected chi connectivity index (χ2v) is 16.2. The van der Waals surface area contributed by atoms with Crippen LogP contribution >= 0.6 is 0 Å². The lowest BCUT2D eigenvalue weighted by molar-refractivity contribution is 0.235. The van der Waals surface area contributed by atoms with Gasteiger partial charge in [0.2, 0.25) is 0 Å². The van der Waals surface area contributed by atoms with E-state index in [1.807, 2.05) is 0 Å². The zero-order valence-electron chi connectivity index (χ0n) is 11.8. The predicted molar refractivity (Wildman–Crippen MR) is 78.8 cm³/mol. The van der Waals surface area contributed by atoms with Gasteiger partial charge in [-0.25, -0.2) is 0 Å². The molecule has 0 radical (unpaired) electrons. The van der Waals surface area contributed by atoms with Crippen molar-refractivity contribution in [1.82, 2.24) is 0 Å². The fourth-order valence-corrected chi connectivity index (χ4v) is 3.69.